The Labute approximate surface area is 147 Å². The summed E-state index contributed by atoms with van der Waals surface area (Å²) in [4.78, 5) is 24.6. The van der Waals surface area contributed by atoms with Gasteiger partial charge in [-0.15, -0.1) is 0 Å². The van der Waals surface area contributed by atoms with Crippen LogP contribution in [0.25, 0.3) is 0 Å². The molecule has 6 nitrogen and oxygen atoms in total. The van der Waals surface area contributed by atoms with E-state index < -0.39 is 0 Å². The highest BCUT2D eigenvalue weighted by molar-refractivity contribution is 6.04. The number of anilines is 2. The Morgan fingerprint density at radius 1 is 1.16 bits per heavy atom. The summed E-state index contributed by atoms with van der Waals surface area (Å²) in [5.41, 5.74) is 2.22. The molecule has 6 heteroatoms. The van der Waals surface area contributed by atoms with E-state index in [0.717, 1.165) is 37.8 Å². The Hall–Kier alpha value is -2.63. The SMILES string of the molecule is CCc1ccc(NC(=O)c2cc(NC(=O)C3CCCC3)n(C)n2)cc1. The Morgan fingerprint density at radius 2 is 1.84 bits per heavy atom. The van der Waals surface area contributed by atoms with Crippen LogP contribution in [0.1, 0.15) is 48.7 Å². The van der Waals surface area contributed by atoms with Crippen LogP contribution >= 0.6 is 0 Å². The molecule has 1 saturated carbocycles. The molecule has 0 unspecified atom stereocenters. The first-order chi connectivity index (χ1) is 12.1. The van der Waals surface area contributed by atoms with Crippen molar-refractivity contribution in [2.24, 2.45) is 13.0 Å². The van der Waals surface area contributed by atoms with Crippen molar-refractivity contribution in [2.45, 2.75) is 39.0 Å². The van der Waals surface area contributed by atoms with Gasteiger partial charge in [0.1, 0.15) is 5.82 Å². The third-order valence-corrected chi connectivity index (χ3v) is 4.71. The van der Waals surface area contributed by atoms with Crippen molar-refractivity contribution in [1.29, 1.82) is 0 Å². The number of hydrogen-bond acceptors (Lipinski definition) is 3. The second-order valence-electron chi connectivity index (χ2n) is 6.51. The zero-order valence-electron chi connectivity index (χ0n) is 14.7. The van der Waals surface area contributed by atoms with Crippen molar-refractivity contribution >= 4 is 23.3 Å². The van der Waals surface area contributed by atoms with Crippen molar-refractivity contribution in [1.82, 2.24) is 9.78 Å². The molecular formula is C19H24N4O2. The van der Waals surface area contributed by atoms with Crippen molar-refractivity contribution < 1.29 is 9.59 Å². The molecule has 1 heterocycles. The van der Waals surface area contributed by atoms with E-state index in [9.17, 15) is 9.59 Å². The molecule has 0 bridgehead atoms. The van der Waals surface area contributed by atoms with Crippen LogP contribution in [0.5, 0.6) is 0 Å². The summed E-state index contributed by atoms with van der Waals surface area (Å²) in [6.07, 6.45) is 5.04. The second-order valence-corrected chi connectivity index (χ2v) is 6.51. The van der Waals surface area contributed by atoms with Gasteiger partial charge in [-0.3, -0.25) is 14.3 Å². The normalized spacial score (nSPS) is 14.5. The Bertz CT molecular complexity index is 758. The molecule has 2 aromatic rings. The number of aromatic nitrogens is 2. The smallest absolute Gasteiger partial charge is 0.276 e. The van der Waals surface area contributed by atoms with Crippen molar-refractivity contribution in [3.63, 3.8) is 0 Å². The fraction of sp³-hybridized carbons (Fsp3) is 0.421. The van der Waals surface area contributed by atoms with Gasteiger partial charge in [0.05, 0.1) is 0 Å². The van der Waals surface area contributed by atoms with Gasteiger partial charge in [0.25, 0.3) is 5.91 Å². The molecule has 1 fully saturated rings. The van der Waals surface area contributed by atoms with Gasteiger partial charge < -0.3 is 10.6 Å². The molecule has 3 rings (SSSR count). The molecule has 1 aliphatic rings. The molecule has 25 heavy (non-hydrogen) atoms. The lowest BCUT2D eigenvalue weighted by molar-refractivity contribution is -0.119. The van der Waals surface area contributed by atoms with Gasteiger partial charge in [-0.25, -0.2) is 0 Å². The molecule has 132 valence electrons. The fourth-order valence-electron chi connectivity index (χ4n) is 3.13. The molecule has 2 N–H and O–H groups in total. The average molecular weight is 340 g/mol. The standard InChI is InChI=1S/C19H24N4O2/c1-3-13-8-10-15(11-9-13)20-19(25)16-12-17(23(2)22-16)21-18(24)14-6-4-5-7-14/h8-12,14H,3-7H2,1-2H3,(H,20,25)(H,21,24). The van der Waals surface area contributed by atoms with E-state index >= 15 is 0 Å². The van der Waals surface area contributed by atoms with Crippen molar-refractivity contribution in [3.05, 3.63) is 41.6 Å². The maximum Gasteiger partial charge on any atom is 0.276 e. The number of rotatable bonds is 5. The van der Waals surface area contributed by atoms with E-state index in [1.807, 2.05) is 24.3 Å². The van der Waals surface area contributed by atoms with E-state index in [1.54, 1.807) is 13.1 Å². The van der Waals surface area contributed by atoms with E-state index in [1.165, 1.54) is 10.2 Å². The molecule has 1 aromatic heterocycles. The van der Waals surface area contributed by atoms with E-state index in [-0.39, 0.29) is 23.4 Å². The summed E-state index contributed by atoms with van der Waals surface area (Å²) in [5, 5.41) is 9.93. The van der Waals surface area contributed by atoms with Crippen LogP contribution in [0.3, 0.4) is 0 Å². The summed E-state index contributed by atoms with van der Waals surface area (Å²) in [6.45, 7) is 2.09. The van der Waals surface area contributed by atoms with E-state index in [2.05, 4.69) is 22.7 Å². The third kappa shape index (κ3) is 4.07. The number of nitrogens with zero attached hydrogens (tertiary/aromatic N) is 2. The molecule has 1 aliphatic carbocycles. The number of carbonyl (C=O) groups excluding carboxylic acids is 2. The minimum atomic E-state index is -0.291. The lowest BCUT2D eigenvalue weighted by Crippen LogP contribution is -2.21. The highest BCUT2D eigenvalue weighted by atomic mass is 16.2. The summed E-state index contributed by atoms with van der Waals surface area (Å²) >= 11 is 0. The van der Waals surface area contributed by atoms with E-state index in [0.29, 0.717) is 5.82 Å². The van der Waals surface area contributed by atoms with Gasteiger partial charge in [-0.1, -0.05) is 31.9 Å². The minimum Gasteiger partial charge on any atom is -0.321 e. The monoisotopic (exact) mass is 340 g/mol. The first-order valence-corrected chi connectivity index (χ1v) is 8.82. The van der Waals surface area contributed by atoms with Gasteiger partial charge in [-0.05, 0) is 37.0 Å². The first kappa shape index (κ1) is 17.2. The molecule has 0 aliphatic heterocycles. The van der Waals surface area contributed by atoms with Crippen LogP contribution in [0.15, 0.2) is 30.3 Å². The van der Waals surface area contributed by atoms with Gasteiger partial charge in [0, 0.05) is 24.7 Å². The molecule has 0 atom stereocenters. The molecule has 0 radical (unpaired) electrons. The fourth-order valence-corrected chi connectivity index (χ4v) is 3.13. The highest BCUT2D eigenvalue weighted by Crippen LogP contribution is 2.26. The first-order valence-electron chi connectivity index (χ1n) is 8.82. The van der Waals surface area contributed by atoms with Crippen LogP contribution in [0.2, 0.25) is 0 Å². The number of amides is 2. The number of aryl methyl sites for hydroxylation is 2. The van der Waals surface area contributed by atoms with Crippen LogP contribution < -0.4 is 10.6 Å². The predicted octanol–water partition coefficient (Wildman–Crippen LogP) is 3.36. The van der Waals surface area contributed by atoms with Crippen LogP contribution in [0, 0.1) is 5.92 Å². The minimum absolute atomic E-state index is 0.0163. The van der Waals surface area contributed by atoms with Crippen LogP contribution in [-0.4, -0.2) is 21.6 Å². The van der Waals surface area contributed by atoms with Crippen molar-refractivity contribution in [2.75, 3.05) is 10.6 Å². The Morgan fingerprint density at radius 3 is 2.48 bits per heavy atom. The molecular weight excluding hydrogens is 316 g/mol. The summed E-state index contributed by atoms with van der Waals surface area (Å²) in [5.74, 6) is 0.344. The van der Waals surface area contributed by atoms with Gasteiger partial charge in [-0.2, -0.15) is 5.10 Å². The quantitative estimate of drug-likeness (QED) is 0.876. The Kier molecular flexibility index (Phi) is 5.16. The van der Waals surface area contributed by atoms with E-state index in [4.69, 9.17) is 0 Å². The van der Waals surface area contributed by atoms with Crippen LogP contribution in [-0.2, 0) is 18.3 Å². The zero-order valence-corrected chi connectivity index (χ0v) is 14.7. The Balaban J connectivity index is 1.65. The van der Waals surface area contributed by atoms with Gasteiger partial charge in [0.2, 0.25) is 5.91 Å². The number of benzene rings is 1. The van der Waals surface area contributed by atoms with Crippen LogP contribution in [0.4, 0.5) is 11.5 Å². The number of carbonyl (C=O) groups is 2. The van der Waals surface area contributed by atoms with Gasteiger partial charge in [0.15, 0.2) is 5.69 Å². The number of nitrogens with one attached hydrogen (secondary N) is 2. The molecule has 2 amide bonds. The summed E-state index contributed by atoms with van der Waals surface area (Å²) in [7, 11) is 1.72. The summed E-state index contributed by atoms with van der Waals surface area (Å²) in [6, 6.07) is 9.34. The summed E-state index contributed by atoms with van der Waals surface area (Å²) < 4.78 is 1.53. The topological polar surface area (TPSA) is 76.0 Å². The third-order valence-electron chi connectivity index (χ3n) is 4.71. The zero-order chi connectivity index (χ0) is 17.8. The maximum atomic E-state index is 12.4. The van der Waals surface area contributed by atoms with Gasteiger partial charge >= 0.3 is 0 Å². The second kappa shape index (κ2) is 7.51. The molecule has 0 spiro atoms. The lowest BCUT2D eigenvalue weighted by Gasteiger charge is -2.09. The number of hydrogen-bond donors (Lipinski definition) is 2. The highest BCUT2D eigenvalue weighted by Gasteiger charge is 2.24. The predicted molar refractivity (Wildman–Crippen MR) is 97.6 cm³/mol. The molecule has 0 saturated heterocycles. The maximum absolute atomic E-state index is 12.4. The lowest BCUT2D eigenvalue weighted by atomic mass is 10.1. The van der Waals surface area contributed by atoms with Crippen molar-refractivity contribution in [3.8, 4) is 0 Å². The largest absolute Gasteiger partial charge is 0.321 e. The molecule has 1 aromatic carbocycles. The average Bonchev–Trinajstić information content (AvgIpc) is 3.26.